The molecule has 0 aliphatic heterocycles. The fraction of sp³-hybridized carbons (Fsp3) is 0.533. The minimum atomic E-state index is -0.289. The number of nitrogens with zero attached hydrogens (tertiary/aromatic N) is 2. The van der Waals surface area contributed by atoms with Crippen LogP contribution in [-0.2, 0) is 0 Å². The van der Waals surface area contributed by atoms with Gasteiger partial charge in [-0.2, -0.15) is 5.26 Å². The molecule has 1 atom stereocenters. The Labute approximate surface area is 114 Å². The average molecular weight is 260 g/mol. The van der Waals surface area contributed by atoms with Crippen molar-refractivity contribution in [2.24, 2.45) is 5.41 Å². The number of rotatable bonds is 5. The van der Waals surface area contributed by atoms with Gasteiger partial charge in [-0.15, -0.1) is 0 Å². The zero-order valence-corrected chi connectivity index (χ0v) is 11.9. The molecule has 1 aromatic carbocycles. The van der Waals surface area contributed by atoms with E-state index in [1.54, 1.807) is 14.2 Å². The lowest BCUT2D eigenvalue weighted by Crippen LogP contribution is -2.28. The Morgan fingerprint density at radius 1 is 1.26 bits per heavy atom. The summed E-state index contributed by atoms with van der Waals surface area (Å²) in [6, 6.07) is 8.26. The fourth-order valence-electron chi connectivity index (χ4n) is 2.70. The van der Waals surface area contributed by atoms with E-state index in [1.165, 1.54) is 0 Å². The number of hydrogen-bond acceptors (Lipinski definition) is 4. The lowest BCUT2D eigenvalue weighted by atomic mass is 9.89. The Balaban J connectivity index is 2.50. The van der Waals surface area contributed by atoms with Gasteiger partial charge in [-0.1, -0.05) is 0 Å². The van der Waals surface area contributed by atoms with Gasteiger partial charge >= 0.3 is 0 Å². The molecule has 4 nitrogen and oxygen atoms in total. The van der Waals surface area contributed by atoms with Crippen LogP contribution >= 0.6 is 0 Å². The van der Waals surface area contributed by atoms with E-state index in [0.717, 1.165) is 29.9 Å². The van der Waals surface area contributed by atoms with Gasteiger partial charge in [-0.3, -0.25) is 0 Å². The Morgan fingerprint density at radius 3 is 2.37 bits per heavy atom. The van der Waals surface area contributed by atoms with Gasteiger partial charge in [0.05, 0.1) is 31.7 Å². The smallest absolute Gasteiger partial charge is 0.123 e. The van der Waals surface area contributed by atoms with Crippen molar-refractivity contribution in [1.29, 1.82) is 5.26 Å². The molecular formula is C15H20N2O2. The molecule has 0 radical (unpaired) electrons. The average Bonchev–Trinajstić information content (AvgIpc) is 3.19. The molecule has 19 heavy (non-hydrogen) atoms. The van der Waals surface area contributed by atoms with Crippen molar-refractivity contribution >= 4 is 0 Å². The summed E-state index contributed by atoms with van der Waals surface area (Å²) in [7, 11) is 7.30. The van der Waals surface area contributed by atoms with E-state index in [4.69, 9.17) is 9.47 Å². The van der Waals surface area contributed by atoms with E-state index in [9.17, 15) is 5.26 Å². The van der Waals surface area contributed by atoms with Gasteiger partial charge in [-0.05, 0) is 45.1 Å². The van der Waals surface area contributed by atoms with Gasteiger partial charge in [0.25, 0.3) is 0 Å². The summed E-state index contributed by atoms with van der Waals surface area (Å²) in [4.78, 5) is 2.09. The molecule has 0 spiro atoms. The van der Waals surface area contributed by atoms with E-state index in [2.05, 4.69) is 11.0 Å². The second-order valence-corrected chi connectivity index (χ2v) is 5.24. The number of benzene rings is 1. The first-order valence-electron chi connectivity index (χ1n) is 6.37. The quantitative estimate of drug-likeness (QED) is 0.816. The zero-order valence-electron chi connectivity index (χ0n) is 11.9. The van der Waals surface area contributed by atoms with Crippen molar-refractivity contribution in [2.75, 3.05) is 28.3 Å². The number of hydrogen-bond donors (Lipinski definition) is 0. The first-order chi connectivity index (χ1) is 9.07. The van der Waals surface area contributed by atoms with Crippen LogP contribution < -0.4 is 9.47 Å². The van der Waals surface area contributed by atoms with Crippen LogP contribution in [-0.4, -0.2) is 33.2 Å². The maximum Gasteiger partial charge on any atom is 0.123 e. The third kappa shape index (κ3) is 2.39. The van der Waals surface area contributed by atoms with Crippen molar-refractivity contribution in [3.63, 3.8) is 0 Å². The molecule has 1 aromatic rings. The molecular weight excluding hydrogens is 240 g/mol. The minimum Gasteiger partial charge on any atom is -0.497 e. The van der Waals surface area contributed by atoms with Gasteiger partial charge in [-0.25, -0.2) is 0 Å². The van der Waals surface area contributed by atoms with Gasteiger partial charge in [0.2, 0.25) is 0 Å². The Bertz CT molecular complexity index is 501. The summed E-state index contributed by atoms with van der Waals surface area (Å²) >= 11 is 0. The predicted octanol–water partition coefficient (Wildman–Crippen LogP) is 2.61. The number of methoxy groups -OCH3 is 2. The van der Waals surface area contributed by atoms with E-state index < -0.39 is 0 Å². The fourth-order valence-corrected chi connectivity index (χ4v) is 2.70. The molecule has 4 heteroatoms. The van der Waals surface area contributed by atoms with E-state index >= 15 is 0 Å². The first-order valence-corrected chi connectivity index (χ1v) is 6.37. The monoisotopic (exact) mass is 260 g/mol. The first kappa shape index (κ1) is 13.7. The van der Waals surface area contributed by atoms with Crippen molar-refractivity contribution in [2.45, 2.75) is 18.9 Å². The maximum atomic E-state index is 9.48. The van der Waals surface area contributed by atoms with E-state index in [0.29, 0.717) is 0 Å². The summed E-state index contributed by atoms with van der Waals surface area (Å²) in [6.45, 7) is 0. The summed E-state index contributed by atoms with van der Waals surface area (Å²) in [5, 5.41) is 9.48. The summed E-state index contributed by atoms with van der Waals surface area (Å²) in [5.41, 5.74) is 0.731. The molecule has 0 N–H and O–H groups in total. The van der Waals surface area contributed by atoms with Crippen LogP contribution in [0.1, 0.15) is 24.4 Å². The highest BCUT2D eigenvalue weighted by molar-refractivity contribution is 5.45. The summed E-state index contributed by atoms with van der Waals surface area (Å²) in [6.07, 6.45) is 1.87. The van der Waals surface area contributed by atoms with Crippen LogP contribution in [0.3, 0.4) is 0 Å². The Kier molecular flexibility index (Phi) is 3.68. The second-order valence-electron chi connectivity index (χ2n) is 5.24. The molecule has 0 aromatic heterocycles. The largest absolute Gasteiger partial charge is 0.497 e. The topological polar surface area (TPSA) is 45.5 Å². The van der Waals surface area contributed by atoms with Crippen LogP contribution in [0.2, 0.25) is 0 Å². The van der Waals surface area contributed by atoms with E-state index in [-0.39, 0.29) is 11.5 Å². The highest BCUT2D eigenvalue weighted by Gasteiger charge is 2.52. The number of ether oxygens (including phenoxy) is 2. The van der Waals surface area contributed by atoms with Crippen molar-refractivity contribution in [3.8, 4) is 17.6 Å². The SMILES string of the molecule is COc1ccc(OC)c(C(N(C)C)C2(C#N)CC2)c1. The standard InChI is InChI=1S/C15H20N2O2/c1-17(2)14(15(10-16)7-8-15)12-9-11(18-3)5-6-13(12)19-4/h5-6,9,14H,7-8H2,1-4H3. The normalized spacial score (nSPS) is 17.7. The van der Waals surface area contributed by atoms with Crippen molar-refractivity contribution < 1.29 is 9.47 Å². The second kappa shape index (κ2) is 5.10. The van der Waals surface area contributed by atoms with Crippen molar-refractivity contribution in [3.05, 3.63) is 23.8 Å². The molecule has 0 bridgehead atoms. The summed E-state index contributed by atoms with van der Waals surface area (Å²) < 4.78 is 10.7. The number of nitriles is 1. The molecule has 1 saturated carbocycles. The molecule has 1 aliphatic carbocycles. The minimum absolute atomic E-state index is 0.0301. The predicted molar refractivity (Wildman–Crippen MR) is 73.3 cm³/mol. The van der Waals surface area contributed by atoms with Gasteiger partial charge in [0, 0.05) is 5.56 Å². The van der Waals surface area contributed by atoms with Gasteiger partial charge in [0.1, 0.15) is 11.5 Å². The van der Waals surface area contributed by atoms with Crippen LogP contribution in [0.4, 0.5) is 0 Å². The van der Waals surface area contributed by atoms with Gasteiger partial charge < -0.3 is 14.4 Å². The maximum absolute atomic E-state index is 9.48. The van der Waals surface area contributed by atoms with Crippen LogP contribution in [0, 0.1) is 16.7 Å². The third-order valence-corrected chi connectivity index (χ3v) is 3.78. The molecule has 0 heterocycles. The van der Waals surface area contributed by atoms with E-state index in [1.807, 2.05) is 32.3 Å². The lowest BCUT2D eigenvalue weighted by molar-refractivity contribution is 0.225. The Hall–Kier alpha value is -1.73. The molecule has 1 unspecified atom stereocenters. The highest BCUT2D eigenvalue weighted by Crippen LogP contribution is 2.57. The lowest BCUT2D eigenvalue weighted by Gasteiger charge is -2.30. The van der Waals surface area contributed by atoms with Crippen LogP contribution in [0.25, 0.3) is 0 Å². The molecule has 1 fully saturated rings. The Morgan fingerprint density at radius 2 is 1.95 bits per heavy atom. The summed E-state index contributed by atoms with van der Waals surface area (Å²) in [5.74, 6) is 1.59. The van der Waals surface area contributed by atoms with Crippen molar-refractivity contribution in [1.82, 2.24) is 4.90 Å². The highest BCUT2D eigenvalue weighted by atomic mass is 16.5. The molecule has 0 saturated heterocycles. The third-order valence-electron chi connectivity index (χ3n) is 3.78. The van der Waals surface area contributed by atoms with Crippen LogP contribution in [0.5, 0.6) is 11.5 Å². The zero-order chi connectivity index (χ0) is 14.0. The molecule has 2 rings (SSSR count). The van der Waals surface area contributed by atoms with Gasteiger partial charge in [0.15, 0.2) is 0 Å². The molecule has 102 valence electrons. The molecule has 1 aliphatic rings. The molecule has 0 amide bonds. The van der Waals surface area contributed by atoms with Crippen LogP contribution in [0.15, 0.2) is 18.2 Å².